The van der Waals surface area contributed by atoms with Crippen molar-refractivity contribution < 1.29 is 9.18 Å². The van der Waals surface area contributed by atoms with E-state index in [-0.39, 0.29) is 11.7 Å². The standard InChI is InChI=1S/C13H19FN2OS/c1-13(2,15)12(17)16-8-3-9-18-11-6-4-10(14)5-7-11/h4-7H,3,8-9,15H2,1-2H3,(H,16,17). The summed E-state index contributed by atoms with van der Waals surface area (Å²) < 4.78 is 12.7. The van der Waals surface area contributed by atoms with Crippen molar-refractivity contribution >= 4 is 17.7 Å². The van der Waals surface area contributed by atoms with Crippen LogP contribution in [0.15, 0.2) is 29.2 Å². The summed E-state index contributed by atoms with van der Waals surface area (Å²) in [4.78, 5) is 12.5. The minimum absolute atomic E-state index is 0.144. The van der Waals surface area contributed by atoms with E-state index in [0.717, 1.165) is 17.1 Å². The molecule has 0 aliphatic carbocycles. The quantitative estimate of drug-likeness (QED) is 0.615. The number of carbonyl (C=O) groups excluding carboxylic acids is 1. The van der Waals surface area contributed by atoms with Crippen molar-refractivity contribution in [3.05, 3.63) is 30.1 Å². The molecular formula is C13H19FN2OS. The Hall–Kier alpha value is -1.07. The molecule has 0 heterocycles. The molecule has 0 saturated heterocycles. The van der Waals surface area contributed by atoms with E-state index in [1.807, 2.05) is 0 Å². The highest BCUT2D eigenvalue weighted by Gasteiger charge is 2.20. The van der Waals surface area contributed by atoms with Crippen LogP contribution in [0.1, 0.15) is 20.3 Å². The van der Waals surface area contributed by atoms with Gasteiger partial charge in [-0.15, -0.1) is 11.8 Å². The number of hydrogen-bond acceptors (Lipinski definition) is 3. The van der Waals surface area contributed by atoms with Crippen molar-refractivity contribution in [3.8, 4) is 0 Å². The van der Waals surface area contributed by atoms with Crippen LogP contribution in [0, 0.1) is 5.82 Å². The maximum atomic E-state index is 12.7. The molecule has 100 valence electrons. The zero-order valence-corrected chi connectivity index (χ0v) is 11.5. The molecule has 1 aromatic carbocycles. The minimum Gasteiger partial charge on any atom is -0.354 e. The lowest BCUT2D eigenvalue weighted by molar-refractivity contribution is -0.125. The van der Waals surface area contributed by atoms with Crippen LogP contribution in [0.3, 0.4) is 0 Å². The van der Waals surface area contributed by atoms with Crippen molar-refractivity contribution in [1.29, 1.82) is 0 Å². The van der Waals surface area contributed by atoms with Gasteiger partial charge in [-0.2, -0.15) is 0 Å². The van der Waals surface area contributed by atoms with Gasteiger partial charge in [0, 0.05) is 11.4 Å². The maximum absolute atomic E-state index is 12.7. The highest BCUT2D eigenvalue weighted by Crippen LogP contribution is 2.18. The van der Waals surface area contributed by atoms with E-state index < -0.39 is 5.54 Å². The fourth-order valence-electron chi connectivity index (χ4n) is 1.22. The summed E-state index contributed by atoms with van der Waals surface area (Å²) in [6, 6.07) is 6.39. The number of halogens is 1. The first-order chi connectivity index (χ1) is 8.39. The summed E-state index contributed by atoms with van der Waals surface area (Å²) in [5.41, 5.74) is 4.82. The monoisotopic (exact) mass is 270 g/mol. The third-order valence-electron chi connectivity index (χ3n) is 2.27. The van der Waals surface area contributed by atoms with Crippen LogP contribution in [0.4, 0.5) is 4.39 Å². The molecular weight excluding hydrogens is 251 g/mol. The van der Waals surface area contributed by atoms with E-state index in [9.17, 15) is 9.18 Å². The third kappa shape index (κ3) is 5.51. The number of thioether (sulfide) groups is 1. The lowest BCUT2D eigenvalue weighted by Crippen LogP contribution is -2.49. The Labute approximate surface area is 111 Å². The summed E-state index contributed by atoms with van der Waals surface area (Å²) in [7, 11) is 0. The first-order valence-corrected chi connectivity index (χ1v) is 6.84. The Morgan fingerprint density at radius 1 is 1.39 bits per heavy atom. The van der Waals surface area contributed by atoms with Gasteiger partial charge in [0.05, 0.1) is 5.54 Å². The lowest BCUT2D eigenvalue weighted by atomic mass is 10.1. The van der Waals surface area contributed by atoms with Gasteiger partial charge in [-0.25, -0.2) is 4.39 Å². The topological polar surface area (TPSA) is 55.1 Å². The van der Waals surface area contributed by atoms with Crippen LogP contribution >= 0.6 is 11.8 Å². The number of nitrogens with two attached hydrogens (primary N) is 1. The first kappa shape index (κ1) is 15.0. The maximum Gasteiger partial charge on any atom is 0.239 e. The number of amides is 1. The summed E-state index contributed by atoms with van der Waals surface area (Å²) in [5, 5.41) is 2.78. The Morgan fingerprint density at radius 3 is 2.56 bits per heavy atom. The summed E-state index contributed by atoms with van der Waals surface area (Å²) in [6.45, 7) is 3.96. The second-order valence-electron chi connectivity index (χ2n) is 4.63. The second kappa shape index (κ2) is 6.75. The summed E-state index contributed by atoms with van der Waals surface area (Å²) in [5.74, 6) is 0.503. The van der Waals surface area contributed by atoms with Crippen LogP contribution in [-0.4, -0.2) is 23.7 Å². The molecule has 18 heavy (non-hydrogen) atoms. The van der Waals surface area contributed by atoms with E-state index in [1.165, 1.54) is 12.1 Å². The molecule has 1 rings (SSSR count). The molecule has 0 aromatic heterocycles. The summed E-state index contributed by atoms with van der Waals surface area (Å²) in [6.07, 6.45) is 0.851. The van der Waals surface area contributed by atoms with Gasteiger partial charge >= 0.3 is 0 Å². The largest absolute Gasteiger partial charge is 0.354 e. The normalized spacial score (nSPS) is 11.3. The lowest BCUT2D eigenvalue weighted by Gasteiger charge is -2.17. The van der Waals surface area contributed by atoms with Gasteiger partial charge in [0.2, 0.25) is 5.91 Å². The molecule has 3 nitrogen and oxygen atoms in total. The van der Waals surface area contributed by atoms with Gasteiger partial charge in [-0.1, -0.05) is 0 Å². The van der Waals surface area contributed by atoms with Crippen LogP contribution in [0.2, 0.25) is 0 Å². The number of carbonyl (C=O) groups is 1. The Kier molecular flexibility index (Phi) is 5.62. The van der Waals surface area contributed by atoms with Gasteiger partial charge in [0.25, 0.3) is 0 Å². The van der Waals surface area contributed by atoms with E-state index in [0.29, 0.717) is 6.54 Å². The highest BCUT2D eigenvalue weighted by molar-refractivity contribution is 7.99. The molecule has 0 fully saturated rings. The molecule has 3 N–H and O–H groups in total. The Balaban J connectivity index is 2.16. The molecule has 1 amide bonds. The fraction of sp³-hybridized carbons (Fsp3) is 0.462. The highest BCUT2D eigenvalue weighted by atomic mass is 32.2. The van der Waals surface area contributed by atoms with Crippen LogP contribution in [0.25, 0.3) is 0 Å². The molecule has 0 radical (unpaired) electrons. The van der Waals surface area contributed by atoms with E-state index in [1.54, 1.807) is 37.7 Å². The fourth-order valence-corrected chi connectivity index (χ4v) is 2.08. The molecule has 0 unspecified atom stereocenters. The molecule has 0 atom stereocenters. The molecule has 1 aromatic rings. The van der Waals surface area contributed by atoms with Crippen molar-refractivity contribution in [1.82, 2.24) is 5.32 Å². The number of hydrogen-bond donors (Lipinski definition) is 2. The van der Waals surface area contributed by atoms with E-state index >= 15 is 0 Å². The first-order valence-electron chi connectivity index (χ1n) is 5.85. The molecule has 5 heteroatoms. The van der Waals surface area contributed by atoms with E-state index in [4.69, 9.17) is 5.73 Å². The predicted molar refractivity (Wildman–Crippen MR) is 73.0 cm³/mol. The SMILES string of the molecule is CC(C)(N)C(=O)NCCCSc1ccc(F)cc1. The Bertz CT molecular complexity index is 387. The molecule has 0 aliphatic heterocycles. The van der Waals surface area contributed by atoms with Crippen molar-refractivity contribution in [2.24, 2.45) is 5.73 Å². The van der Waals surface area contributed by atoms with Crippen molar-refractivity contribution in [3.63, 3.8) is 0 Å². The smallest absolute Gasteiger partial charge is 0.239 e. The van der Waals surface area contributed by atoms with Crippen LogP contribution in [0.5, 0.6) is 0 Å². The second-order valence-corrected chi connectivity index (χ2v) is 5.80. The van der Waals surface area contributed by atoms with Crippen molar-refractivity contribution in [2.75, 3.05) is 12.3 Å². The molecule has 0 bridgehead atoms. The van der Waals surface area contributed by atoms with Gasteiger partial charge < -0.3 is 11.1 Å². The van der Waals surface area contributed by atoms with Gasteiger partial charge in [0.15, 0.2) is 0 Å². The van der Waals surface area contributed by atoms with Crippen molar-refractivity contribution in [2.45, 2.75) is 30.7 Å². The van der Waals surface area contributed by atoms with Crippen LogP contribution < -0.4 is 11.1 Å². The molecule has 0 saturated carbocycles. The average molecular weight is 270 g/mol. The zero-order valence-electron chi connectivity index (χ0n) is 10.7. The predicted octanol–water partition coefficient (Wildman–Crippen LogP) is 2.16. The van der Waals surface area contributed by atoms with Gasteiger partial charge in [-0.05, 0) is 50.3 Å². The number of benzene rings is 1. The number of rotatable bonds is 6. The minimum atomic E-state index is -0.829. The molecule has 0 spiro atoms. The van der Waals surface area contributed by atoms with Crippen LogP contribution in [-0.2, 0) is 4.79 Å². The van der Waals surface area contributed by atoms with E-state index in [2.05, 4.69) is 5.32 Å². The summed E-state index contributed by atoms with van der Waals surface area (Å²) >= 11 is 1.64. The Morgan fingerprint density at radius 2 is 2.00 bits per heavy atom. The number of nitrogens with one attached hydrogen (secondary N) is 1. The molecule has 0 aliphatic rings. The zero-order chi connectivity index (χ0) is 13.6. The van der Waals surface area contributed by atoms with Gasteiger partial charge in [-0.3, -0.25) is 4.79 Å². The van der Waals surface area contributed by atoms with Gasteiger partial charge in [0.1, 0.15) is 5.82 Å². The average Bonchev–Trinajstić information content (AvgIpc) is 2.29. The third-order valence-corrected chi connectivity index (χ3v) is 3.37.